The Kier molecular flexibility index (Phi) is 7.85. The molecule has 0 aliphatic carbocycles. The summed E-state index contributed by atoms with van der Waals surface area (Å²) in [7, 11) is 0. The van der Waals surface area contributed by atoms with E-state index in [2.05, 4.69) is 12.1 Å². The van der Waals surface area contributed by atoms with Gasteiger partial charge in [0.15, 0.2) is 5.16 Å². The van der Waals surface area contributed by atoms with E-state index in [0.717, 1.165) is 17.7 Å². The van der Waals surface area contributed by atoms with Crippen LogP contribution in [0.1, 0.15) is 19.4 Å². The van der Waals surface area contributed by atoms with Gasteiger partial charge in [0.05, 0.1) is 5.69 Å². The molecule has 0 aliphatic heterocycles. The number of carbonyl (C=O) groups is 1. The molecule has 0 bridgehead atoms. The minimum Gasteiger partial charge on any atom is -0.342 e. The van der Waals surface area contributed by atoms with E-state index in [4.69, 9.17) is 4.98 Å². The van der Waals surface area contributed by atoms with Gasteiger partial charge in [-0.15, -0.1) is 0 Å². The summed E-state index contributed by atoms with van der Waals surface area (Å²) in [4.78, 5) is 32.1. The summed E-state index contributed by atoms with van der Waals surface area (Å²) in [6.45, 7) is 5.13. The molecule has 0 aliphatic rings. The molecule has 3 aromatic rings. The van der Waals surface area contributed by atoms with Crippen molar-refractivity contribution >= 4 is 17.7 Å². The maximum absolute atomic E-state index is 12.9. The molecule has 0 radical (unpaired) electrons. The molecule has 0 saturated heterocycles. The molecule has 2 aromatic carbocycles. The maximum atomic E-state index is 12.9. The smallest absolute Gasteiger partial charge is 0.255 e. The topological polar surface area (TPSA) is 55.2 Å². The van der Waals surface area contributed by atoms with E-state index in [1.807, 2.05) is 62.4 Å². The van der Waals surface area contributed by atoms with Gasteiger partial charge >= 0.3 is 0 Å². The molecule has 1 heterocycles. The Balaban J connectivity index is 1.89. The summed E-state index contributed by atoms with van der Waals surface area (Å²) in [6, 6.07) is 21.4. The minimum atomic E-state index is -0.202. The van der Waals surface area contributed by atoms with Crippen LogP contribution in [0.5, 0.6) is 0 Å². The second-order valence-electron chi connectivity index (χ2n) is 6.86. The normalized spacial score (nSPS) is 10.7. The van der Waals surface area contributed by atoms with E-state index in [1.54, 1.807) is 4.90 Å². The number of likely N-dealkylation sites (N-methyl/N-ethyl adjacent to an activating group) is 1. The predicted octanol–water partition coefficient (Wildman–Crippen LogP) is 4.11. The number of thioether (sulfide) groups is 1. The average molecular weight is 422 g/mol. The van der Waals surface area contributed by atoms with Crippen molar-refractivity contribution in [2.75, 3.05) is 18.8 Å². The minimum absolute atomic E-state index is 0.0102. The number of aromatic nitrogens is 2. The van der Waals surface area contributed by atoms with Gasteiger partial charge in [-0.05, 0) is 25.8 Å². The highest BCUT2D eigenvalue weighted by atomic mass is 32.2. The van der Waals surface area contributed by atoms with Crippen LogP contribution in [0.25, 0.3) is 11.3 Å². The zero-order chi connectivity index (χ0) is 21.3. The molecular weight excluding hydrogens is 394 g/mol. The lowest BCUT2D eigenvalue weighted by molar-refractivity contribution is -0.131. The number of hydrogen-bond acceptors (Lipinski definition) is 4. The SMILES string of the molecule is CCN(CC)C(=O)Cn1c(SCCc2ccccc2)nc(-c2ccccc2)cc1=O. The van der Waals surface area contributed by atoms with Crippen molar-refractivity contribution in [2.45, 2.75) is 32.0 Å². The summed E-state index contributed by atoms with van der Waals surface area (Å²) in [5.41, 5.74) is 2.56. The zero-order valence-electron chi connectivity index (χ0n) is 17.5. The van der Waals surface area contributed by atoms with Gasteiger partial charge in [-0.2, -0.15) is 0 Å². The first-order valence-corrected chi connectivity index (χ1v) is 11.2. The average Bonchev–Trinajstić information content (AvgIpc) is 2.78. The molecule has 0 N–H and O–H groups in total. The first-order valence-electron chi connectivity index (χ1n) is 10.2. The summed E-state index contributed by atoms with van der Waals surface area (Å²) in [5.74, 6) is 0.704. The number of hydrogen-bond donors (Lipinski definition) is 0. The van der Waals surface area contributed by atoms with Crippen LogP contribution in [0.2, 0.25) is 0 Å². The van der Waals surface area contributed by atoms with E-state index >= 15 is 0 Å². The summed E-state index contributed by atoms with van der Waals surface area (Å²) < 4.78 is 1.50. The van der Waals surface area contributed by atoms with Crippen molar-refractivity contribution < 1.29 is 4.79 Å². The molecule has 156 valence electrons. The fourth-order valence-electron chi connectivity index (χ4n) is 3.21. The summed E-state index contributed by atoms with van der Waals surface area (Å²) in [5, 5.41) is 0.581. The van der Waals surface area contributed by atoms with Crippen LogP contribution < -0.4 is 5.56 Å². The second-order valence-corrected chi connectivity index (χ2v) is 7.93. The highest BCUT2D eigenvalue weighted by molar-refractivity contribution is 7.99. The highest BCUT2D eigenvalue weighted by Gasteiger charge is 2.16. The van der Waals surface area contributed by atoms with E-state index in [-0.39, 0.29) is 18.0 Å². The first-order chi connectivity index (χ1) is 14.6. The molecule has 0 saturated carbocycles. The first kappa shape index (κ1) is 21.8. The number of rotatable bonds is 9. The van der Waals surface area contributed by atoms with Gasteiger partial charge in [-0.3, -0.25) is 14.2 Å². The van der Waals surface area contributed by atoms with Crippen LogP contribution in [0.4, 0.5) is 0 Å². The van der Waals surface area contributed by atoms with Crippen molar-refractivity contribution in [3.8, 4) is 11.3 Å². The van der Waals surface area contributed by atoms with Crippen LogP contribution >= 0.6 is 11.8 Å². The number of nitrogens with zero attached hydrogens (tertiary/aromatic N) is 3. The molecule has 5 nitrogen and oxygen atoms in total. The molecule has 0 fully saturated rings. The third-order valence-corrected chi connectivity index (χ3v) is 5.90. The lowest BCUT2D eigenvalue weighted by Gasteiger charge is -2.20. The van der Waals surface area contributed by atoms with Gasteiger partial charge < -0.3 is 4.90 Å². The Morgan fingerprint density at radius 2 is 1.63 bits per heavy atom. The molecule has 3 rings (SSSR count). The molecule has 0 atom stereocenters. The maximum Gasteiger partial charge on any atom is 0.255 e. The zero-order valence-corrected chi connectivity index (χ0v) is 18.3. The van der Waals surface area contributed by atoms with Gasteiger partial charge in [-0.1, -0.05) is 72.4 Å². The van der Waals surface area contributed by atoms with E-state index in [0.29, 0.717) is 23.9 Å². The lowest BCUT2D eigenvalue weighted by atomic mass is 10.1. The van der Waals surface area contributed by atoms with Gasteiger partial charge in [0.25, 0.3) is 5.56 Å². The van der Waals surface area contributed by atoms with Crippen molar-refractivity contribution in [2.24, 2.45) is 0 Å². The lowest BCUT2D eigenvalue weighted by Crippen LogP contribution is -2.37. The largest absolute Gasteiger partial charge is 0.342 e. The number of aryl methyl sites for hydroxylation is 1. The van der Waals surface area contributed by atoms with E-state index < -0.39 is 0 Å². The van der Waals surface area contributed by atoms with Crippen LogP contribution in [-0.4, -0.2) is 39.2 Å². The van der Waals surface area contributed by atoms with Crippen molar-refractivity contribution in [3.63, 3.8) is 0 Å². The fraction of sp³-hybridized carbons (Fsp3) is 0.292. The van der Waals surface area contributed by atoms with Gasteiger partial charge in [0.2, 0.25) is 5.91 Å². The van der Waals surface area contributed by atoms with Crippen molar-refractivity contribution in [3.05, 3.63) is 82.6 Å². The Labute approximate surface area is 181 Å². The van der Waals surface area contributed by atoms with Crippen LogP contribution in [0.15, 0.2) is 76.7 Å². The molecule has 0 spiro atoms. The quantitative estimate of drug-likeness (QED) is 0.385. The second kappa shape index (κ2) is 10.8. The number of carbonyl (C=O) groups excluding carboxylic acids is 1. The highest BCUT2D eigenvalue weighted by Crippen LogP contribution is 2.21. The van der Waals surface area contributed by atoms with Gasteiger partial charge in [0.1, 0.15) is 6.54 Å². The Morgan fingerprint density at radius 1 is 1.00 bits per heavy atom. The number of amides is 1. The Morgan fingerprint density at radius 3 is 2.27 bits per heavy atom. The molecule has 30 heavy (non-hydrogen) atoms. The molecule has 1 amide bonds. The van der Waals surface area contributed by atoms with Crippen molar-refractivity contribution in [1.82, 2.24) is 14.5 Å². The molecule has 0 unspecified atom stereocenters. The fourth-order valence-corrected chi connectivity index (χ4v) is 4.21. The third kappa shape index (κ3) is 5.60. The molecular formula is C24H27N3O2S. The summed E-state index contributed by atoms with van der Waals surface area (Å²) >= 11 is 1.51. The number of benzene rings is 2. The molecule has 1 aromatic heterocycles. The Hall–Kier alpha value is -2.86. The van der Waals surface area contributed by atoms with Crippen LogP contribution in [0.3, 0.4) is 0 Å². The third-order valence-electron chi connectivity index (χ3n) is 4.92. The standard InChI is InChI=1S/C24H27N3O2S/c1-3-26(4-2)23(29)18-27-22(28)17-21(20-13-9-6-10-14-20)25-24(27)30-16-15-19-11-7-5-8-12-19/h5-14,17H,3-4,15-16,18H2,1-2H3. The van der Waals surface area contributed by atoms with Crippen molar-refractivity contribution in [1.29, 1.82) is 0 Å². The van der Waals surface area contributed by atoms with Crippen LogP contribution in [0, 0.1) is 0 Å². The molecule has 6 heteroatoms. The van der Waals surface area contributed by atoms with Gasteiger partial charge in [-0.25, -0.2) is 4.98 Å². The van der Waals surface area contributed by atoms with Crippen LogP contribution in [-0.2, 0) is 17.8 Å². The predicted molar refractivity (Wildman–Crippen MR) is 123 cm³/mol. The monoisotopic (exact) mass is 421 g/mol. The van der Waals surface area contributed by atoms with E-state index in [9.17, 15) is 9.59 Å². The summed E-state index contributed by atoms with van der Waals surface area (Å²) in [6.07, 6.45) is 0.862. The van der Waals surface area contributed by atoms with E-state index in [1.165, 1.54) is 28.0 Å². The van der Waals surface area contributed by atoms with Gasteiger partial charge in [0, 0.05) is 30.5 Å². The Bertz CT molecular complexity index is 1020.